The van der Waals surface area contributed by atoms with Gasteiger partial charge in [-0.15, -0.1) is 0 Å². The van der Waals surface area contributed by atoms with Crippen LogP contribution in [0.25, 0.3) is 0 Å². The fraction of sp³-hybridized carbons (Fsp3) is 0.286. The molecule has 0 heterocycles. The van der Waals surface area contributed by atoms with E-state index in [-0.39, 0.29) is 0 Å². The molecule has 6 heteroatoms. The molecule has 0 aromatic carbocycles. The molecule has 0 aliphatic rings. The molecule has 0 saturated heterocycles. The fourth-order valence-electron chi connectivity index (χ4n) is 0.462. The van der Waals surface area contributed by atoms with E-state index < -0.39 is 30.4 Å². The largest absolute Gasteiger partial charge is 0.480 e. The lowest BCUT2D eigenvalue weighted by Gasteiger charge is -2.03. The number of hydrogen-bond donors (Lipinski definition) is 2. The minimum Gasteiger partial charge on any atom is -0.480 e. The van der Waals surface area contributed by atoms with E-state index in [0.29, 0.717) is 0 Å². The van der Waals surface area contributed by atoms with Crippen LogP contribution in [0, 0.1) is 0 Å². The Labute approximate surface area is 74.0 Å². The summed E-state index contributed by atoms with van der Waals surface area (Å²) in [5.41, 5.74) is 5.00. The molecule has 0 unspecified atom stereocenters. The summed E-state index contributed by atoms with van der Waals surface area (Å²) < 4.78 is 4.08. The zero-order chi connectivity index (χ0) is 10.4. The van der Waals surface area contributed by atoms with E-state index in [1.807, 2.05) is 0 Å². The summed E-state index contributed by atoms with van der Waals surface area (Å²) in [5, 5.41) is 8.28. The lowest BCUT2D eigenvalue weighted by molar-refractivity contribution is -0.158. The van der Waals surface area contributed by atoms with Gasteiger partial charge in [-0.25, -0.2) is 4.79 Å². The second-order valence-corrected chi connectivity index (χ2v) is 2.15. The lowest BCUT2D eigenvalue weighted by atomic mass is 10.2. The topological polar surface area (TPSA) is 107 Å². The number of aliphatic carboxylic acids is 1. The smallest absolute Gasteiger partial charge is 0.337 e. The summed E-state index contributed by atoms with van der Waals surface area (Å²) in [6, 6.07) is -1.36. The fourth-order valence-corrected chi connectivity index (χ4v) is 0.462. The Bertz CT molecular complexity index is 247. The molecule has 1 atom stereocenters. The van der Waals surface area contributed by atoms with Crippen molar-refractivity contribution in [3.05, 3.63) is 12.7 Å². The van der Waals surface area contributed by atoms with Gasteiger partial charge in [-0.05, 0) is 0 Å². The first-order valence-corrected chi connectivity index (χ1v) is 3.32. The number of carboxylic acid groups (broad SMARTS) is 1. The lowest BCUT2D eigenvalue weighted by Crippen LogP contribution is -2.33. The van der Waals surface area contributed by atoms with Crippen molar-refractivity contribution < 1.29 is 24.2 Å². The average Bonchev–Trinajstić information content (AvgIpc) is 2.03. The normalized spacial score (nSPS) is 11.5. The maximum absolute atomic E-state index is 10.7. The number of carbonyl (C=O) groups is 3. The molecular formula is C7H9NO5. The third-order valence-corrected chi connectivity index (χ3v) is 1.08. The molecule has 72 valence electrons. The molecule has 0 amide bonds. The van der Waals surface area contributed by atoms with Crippen molar-refractivity contribution in [1.29, 1.82) is 0 Å². The molecule has 6 nitrogen and oxygen atoms in total. The molecule has 3 N–H and O–H groups in total. The van der Waals surface area contributed by atoms with Crippen LogP contribution in [0.1, 0.15) is 6.42 Å². The van der Waals surface area contributed by atoms with Gasteiger partial charge in [-0.2, -0.15) is 0 Å². The molecule has 0 aliphatic carbocycles. The van der Waals surface area contributed by atoms with Crippen molar-refractivity contribution in [3.63, 3.8) is 0 Å². The van der Waals surface area contributed by atoms with Gasteiger partial charge >= 0.3 is 17.9 Å². The van der Waals surface area contributed by atoms with Crippen molar-refractivity contribution in [1.82, 2.24) is 0 Å². The first-order chi connectivity index (χ1) is 5.97. The van der Waals surface area contributed by atoms with Gasteiger partial charge in [-0.1, -0.05) is 6.58 Å². The third kappa shape index (κ3) is 4.70. The molecule has 0 aliphatic heterocycles. The van der Waals surface area contributed by atoms with Crippen LogP contribution in [0.5, 0.6) is 0 Å². The quantitative estimate of drug-likeness (QED) is 0.333. The Hall–Kier alpha value is -1.69. The van der Waals surface area contributed by atoms with Crippen LogP contribution in [-0.4, -0.2) is 29.1 Å². The zero-order valence-corrected chi connectivity index (χ0v) is 6.73. The molecule has 0 saturated carbocycles. The molecule has 0 radical (unpaired) electrons. The van der Waals surface area contributed by atoms with Gasteiger partial charge in [0.05, 0.1) is 6.42 Å². The summed E-state index contributed by atoms with van der Waals surface area (Å²) in [5.74, 6) is -3.25. The van der Waals surface area contributed by atoms with E-state index >= 15 is 0 Å². The molecule has 13 heavy (non-hydrogen) atoms. The third-order valence-electron chi connectivity index (χ3n) is 1.08. The summed E-state index contributed by atoms with van der Waals surface area (Å²) >= 11 is 0. The van der Waals surface area contributed by atoms with Gasteiger partial charge in [0.15, 0.2) is 0 Å². The standard InChI is InChI=1S/C7H9NO5/c1-2-5(9)13-6(10)3-4(8)7(11)12/h2,4H,1,3,8H2,(H,11,12)/t4-/m0/s1. The summed E-state index contributed by atoms with van der Waals surface area (Å²) in [6.07, 6.45) is 0.249. The predicted octanol–water partition coefficient (Wildman–Crippen LogP) is -0.956. The number of ether oxygens (including phenoxy) is 1. The van der Waals surface area contributed by atoms with Gasteiger partial charge in [0.2, 0.25) is 0 Å². The van der Waals surface area contributed by atoms with Crippen molar-refractivity contribution in [3.8, 4) is 0 Å². The molecule has 0 fully saturated rings. The first kappa shape index (κ1) is 11.3. The zero-order valence-electron chi connectivity index (χ0n) is 6.73. The Balaban J connectivity index is 3.94. The van der Waals surface area contributed by atoms with Gasteiger partial charge in [-0.3, -0.25) is 9.59 Å². The first-order valence-electron chi connectivity index (χ1n) is 3.32. The number of esters is 2. The van der Waals surface area contributed by atoms with Gasteiger partial charge in [0.25, 0.3) is 0 Å². The maximum atomic E-state index is 10.7. The second kappa shape index (κ2) is 5.04. The van der Waals surface area contributed by atoms with E-state index in [0.717, 1.165) is 6.08 Å². The van der Waals surface area contributed by atoms with Crippen LogP contribution < -0.4 is 5.73 Å². The summed E-state index contributed by atoms with van der Waals surface area (Å²) in [6.45, 7) is 3.05. The van der Waals surface area contributed by atoms with Crippen molar-refractivity contribution in [2.75, 3.05) is 0 Å². The average molecular weight is 187 g/mol. The van der Waals surface area contributed by atoms with Crippen LogP contribution >= 0.6 is 0 Å². The Morgan fingerprint density at radius 2 is 2.08 bits per heavy atom. The van der Waals surface area contributed by atoms with E-state index in [1.54, 1.807) is 0 Å². The highest BCUT2D eigenvalue weighted by atomic mass is 16.6. The molecule has 0 rings (SSSR count). The molecular weight excluding hydrogens is 178 g/mol. The molecule has 0 spiro atoms. The highest BCUT2D eigenvalue weighted by Gasteiger charge is 2.18. The van der Waals surface area contributed by atoms with Crippen LogP contribution in [-0.2, 0) is 19.1 Å². The Kier molecular flexibility index (Phi) is 4.39. The van der Waals surface area contributed by atoms with E-state index in [4.69, 9.17) is 10.8 Å². The Morgan fingerprint density at radius 1 is 1.54 bits per heavy atom. The number of nitrogens with two attached hydrogens (primary N) is 1. The highest BCUT2D eigenvalue weighted by molar-refractivity contribution is 5.93. The molecule has 0 aromatic rings. The number of carboxylic acids is 1. The van der Waals surface area contributed by atoms with Crippen molar-refractivity contribution in [2.45, 2.75) is 12.5 Å². The van der Waals surface area contributed by atoms with E-state index in [9.17, 15) is 14.4 Å². The Morgan fingerprint density at radius 3 is 2.46 bits per heavy atom. The van der Waals surface area contributed by atoms with Crippen LogP contribution in [0.4, 0.5) is 0 Å². The molecule has 0 bridgehead atoms. The second-order valence-electron chi connectivity index (χ2n) is 2.15. The van der Waals surface area contributed by atoms with E-state index in [1.165, 1.54) is 0 Å². The predicted molar refractivity (Wildman–Crippen MR) is 41.5 cm³/mol. The number of carbonyl (C=O) groups excluding carboxylic acids is 2. The minimum atomic E-state index is -1.36. The minimum absolute atomic E-state index is 0.547. The van der Waals surface area contributed by atoms with Crippen LogP contribution in [0.2, 0.25) is 0 Å². The number of rotatable bonds is 4. The monoisotopic (exact) mass is 187 g/mol. The van der Waals surface area contributed by atoms with E-state index in [2.05, 4.69) is 11.3 Å². The van der Waals surface area contributed by atoms with Crippen molar-refractivity contribution >= 4 is 17.9 Å². The number of hydrogen-bond acceptors (Lipinski definition) is 5. The van der Waals surface area contributed by atoms with Crippen LogP contribution in [0.3, 0.4) is 0 Å². The van der Waals surface area contributed by atoms with Crippen LogP contribution in [0.15, 0.2) is 12.7 Å². The molecule has 0 aromatic heterocycles. The van der Waals surface area contributed by atoms with Gasteiger partial charge in [0, 0.05) is 6.08 Å². The maximum Gasteiger partial charge on any atom is 0.337 e. The van der Waals surface area contributed by atoms with Gasteiger partial charge < -0.3 is 15.6 Å². The van der Waals surface area contributed by atoms with Gasteiger partial charge in [0.1, 0.15) is 6.04 Å². The summed E-state index contributed by atoms with van der Waals surface area (Å²) in [7, 11) is 0. The summed E-state index contributed by atoms with van der Waals surface area (Å²) in [4.78, 5) is 31.3. The SMILES string of the molecule is C=CC(=O)OC(=O)C[C@H](N)C(=O)O. The van der Waals surface area contributed by atoms with Crippen molar-refractivity contribution in [2.24, 2.45) is 5.73 Å². The highest BCUT2D eigenvalue weighted by Crippen LogP contribution is 1.93.